The molecule has 1 aromatic carbocycles. The molecule has 0 unspecified atom stereocenters. The number of urea groups is 1. The average molecular weight is 342 g/mol. The van der Waals surface area contributed by atoms with E-state index in [0.29, 0.717) is 17.1 Å². The van der Waals surface area contributed by atoms with E-state index in [0.717, 1.165) is 19.3 Å². The molecular formula is C14H16ClN3O3S. The predicted octanol–water partition coefficient (Wildman–Crippen LogP) is 2.73. The van der Waals surface area contributed by atoms with Gasteiger partial charge in [-0.05, 0) is 25.0 Å². The lowest BCUT2D eigenvalue weighted by atomic mass is 9.81. The van der Waals surface area contributed by atoms with Gasteiger partial charge in [-0.25, -0.2) is 13.2 Å². The number of halogens is 1. The number of rotatable bonds is 2. The van der Waals surface area contributed by atoms with Gasteiger partial charge < -0.3 is 5.32 Å². The highest BCUT2D eigenvalue weighted by molar-refractivity contribution is 7.90. The van der Waals surface area contributed by atoms with Crippen LogP contribution in [0.4, 0.5) is 4.79 Å². The van der Waals surface area contributed by atoms with E-state index in [-0.39, 0.29) is 15.8 Å². The Morgan fingerprint density at radius 1 is 1.18 bits per heavy atom. The molecule has 1 aliphatic heterocycles. The average Bonchev–Trinajstić information content (AvgIpc) is 2.71. The lowest BCUT2D eigenvalue weighted by Gasteiger charge is -2.32. The number of sulfonamides is 1. The van der Waals surface area contributed by atoms with Crippen molar-refractivity contribution in [1.82, 2.24) is 9.62 Å². The quantitative estimate of drug-likeness (QED) is 0.866. The highest BCUT2D eigenvalue weighted by atomic mass is 35.5. The third-order valence-electron chi connectivity index (χ3n) is 4.25. The topological polar surface area (TPSA) is 90.3 Å². The van der Waals surface area contributed by atoms with Crippen molar-refractivity contribution in [2.75, 3.05) is 0 Å². The van der Waals surface area contributed by atoms with Crippen LogP contribution in [0, 0.1) is 5.41 Å². The van der Waals surface area contributed by atoms with Crippen molar-refractivity contribution >= 4 is 33.5 Å². The molecule has 1 aromatic rings. The maximum atomic E-state index is 12.7. The number of nitrogens with one attached hydrogen (secondary N) is 2. The largest absolute Gasteiger partial charge is 0.337 e. The molecule has 0 aromatic heterocycles. The zero-order valence-electron chi connectivity index (χ0n) is 11.8. The summed E-state index contributed by atoms with van der Waals surface area (Å²) < 4.78 is 26.0. The Morgan fingerprint density at radius 2 is 1.82 bits per heavy atom. The van der Waals surface area contributed by atoms with Crippen LogP contribution in [-0.2, 0) is 10.0 Å². The molecular weight excluding hydrogens is 326 g/mol. The minimum absolute atomic E-state index is 0.0349. The third kappa shape index (κ3) is 2.19. The van der Waals surface area contributed by atoms with Crippen LogP contribution in [0.15, 0.2) is 29.2 Å². The number of hydrogen-bond donors (Lipinski definition) is 2. The van der Waals surface area contributed by atoms with Gasteiger partial charge in [-0.1, -0.05) is 43.0 Å². The van der Waals surface area contributed by atoms with Gasteiger partial charge in [0.2, 0.25) is 0 Å². The third-order valence-corrected chi connectivity index (χ3v) is 6.43. The van der Waals surface area contributed by atoms with Gasteiger partial charge in [-0.15, -0.1) is 0 Å². The predicted molar refractivity (Wildman–Crippen MR) is 82.6 cm³/mol. The summed E-state index contributed by atoms with van der Waals surface area (Å²) >= 11 is 5.95. The van der Waals surface area contributed by atoms with Crippen molar-refractivity contribution in [2.24, 2.45) is 0 Å². The Kier molecular flexibility index (Phi) is 3.65. The number of hydrogen-bond acceptors (Lipinski definition) is 4. The smallest absolute Gasteiger partial charge is 0.324 e. The van der Waals surface area contributed by atoms with E-state index >= 15 is 0 Å². The SMILES string of the molecule is N=C1N(S(=O)(=O)c2ccccc2Cl)C(=O)NC12CCCCC2. The number of nitrogens with zero attached hydrogens (tertiary/aromatic N) is 1. The first-order valence-corrected chi connectivity index (χ1v) is 8.91. The van der Waals surface area contributed by atoms with Gasteiger partial charge in [-0.3, -0.25) is 5.41 Å². The molecule has 6 nitrogen and oxygen atoms in total. The molecule has 0 radical (unpaired) electrons. The molecule has 2 N–H and O–H groups in total. The van der Waals surface area contributed by atoms with E-state index in [4.69, 9.17) is 17.0 Å². The van der Waals surface area contributed by atoms with Gasteiger partial charge in [0.25, 0.3) is 10.0 Å². The van der Waals surface area contributed by atoms with E-state index < -0.39 is 21.6 Å². The summed E-state index contributed by atoms with van der Waals surface area (Å²) in [7, 11) is -4.18. The number of benzene rings is 1. The first-order valence-electron chi connectivity index (χ1n) is 7.09. The number of amides is 2. The van der Waals surface area contributed by atoms with E-state index in [9.17, 15) is 13.2 Å². The van der Waals surface area contributed by atoms with Crippen LogP contribution in [0.2, 0.25) is 5.02 Å². The van der Waals surface area contributed by atoms with Crippen LogP contribution in [-0.4, -0.2) is 30.1 Å². The second-order valence-electron chi connectivity index (χ2n) is 5.62. The van der Waals surface area contributed by atoms with E-state index in [1.165, 1.54) is 18.2 Å². The molecule has 1 spiro atoms. The molecule has 2 fully saturated rings. The summed E-state index contributed by atoms with van der Waals surface area (Å²) in [5, 5.41) is 11.0. The fourth-order valence-electron chi connectivity index (χ4n) is 3.11. The Bertz CT molecular complexity index is 741. The standard InChI is InChI=1S/C14H16ClN3O3S/c15-10-6-2-3-7-11(10)22(20,21)18-12(16)14(17-13(18)19)8-4-1-5-9-14/h2-3,6-7,16H,1,4-5,8-9H2,(H,17,19). The minimum atomic E-state index is -4.18. The highest BCUT2D eigenvalue weighted by Crippen LogP contribution is 2.37. The highest BCUT2D eigenvalue weighted by Gasteiger charge is 2.53. The summed E-state index contributed by atoms with van der Waals surface area (Å²) in [5.41, 5.74) is -0.857. The van der Waals surface area contributed by atoms with Crippen molar-refractivity contribution in [3.63, 3.8) is 0 Å². The molecule has 22 heavy (non-hydrogen) atoms. The second kappa shape index (κ2) is 5.24. The zero-order valence-corrected chi connectivity index (χ0v) is 13.4. The fraction of sp³-hybridized carbons (Fsp3) is 0.429. The van der Waals surface area contributed by atoms with E-state index in [1.54, 1.807) is 6.07 Å². The lowest BCUT2D eigenvalue weighted by Crippen LogP contribution is -2.48. The van der Waals surface area contributed by atoms with Crippen LogP contribution in [0.3, 0.4) is 0 Å². The van der Waals surface area contributed by atoms with Crippen molar-refractivity contribution in [2.45, 2.75) is 42.5 Å². The summed E-state index contributed by atoms with van der Waals surface area (Å²) in [5.74, 6) is -0.197. The van der Waals surface area contributed by atoms with Crippen LogP contribution < -0.4 is 5.32 Å². The molecule has 0 atom stereocenters. The van der Waals surface area contributed by atoms with Gasteiger partial charge in [0, 0.05) is 0 Å². The Balaban J connectivity index is 2.03. The zero-order chi connectivity index (χ0) is 16.0. The van der Waals surface area contributed by atoms with Crippen LogP contribution in [0.1, 0.15) is 32.1 Å². The van der Waals surface area contributed by atoms with Crippen LogP contribution in [0.5, 0.6) is 0 Å². The normalized spacial score (nSPS) is 21.2. The monoisotopic (exact) mass is 341 g/mol. The van der Waals surface area contributed by atoms with Crippen LogP contribution in [0.25, 0.3) is 0 Å². The van der Waals surface area contributed by atoms with Gasteiger partial charge >= 0.3 is 6.03 Å². The van der Waals surface area contributed by atoms with E-state index in [1.807, 2.05) is 0 Å². The van der Waals surface area contributed by atoms with Gasteiger partial charge in [-0.2, -0.15) is 4.31 Å². The fourth-order valence-corrected chi connectivity index (χ4v) is 4.98. The first kappa shape index (κ1) is 15.3. The van der Waals surface area contributed by atoms with E-state index in [2.05, 4.69) is 5.32 Å². The second-order valence-corrected chi connectivity index (χ2v) is 7.78. The molecule has 118 valence electrons. The van der Waals surface area contributed by atoms with Gasteiger partial charge in [0.05, 0.1) is 5.02 Å². The molecule has 3 rings (SSSR count). The maximum absolute atomic E-state index is 12.7. The summed E-state index contributed by atoms with van der Waals surface area (Å²) in [6.07, 6.45) is 3.94. The molecule has 2 aliphatic rings. The number of amidine groups is 1. The van der Waals surface area contributed by atoms with Gasteiger partial charge in [0.15, 0.2) is 0 Å². The Labute approximate surface area is 134 Å². The summed E-state index contributed by atoms with van der Waals surface area (Å²) in [6.45, 7) is 0. The number of carbonyl (C=O) groups is 1. The van der Waals surface area contributed by atoms with Crippen molar-refractivity contribution in [3.8, 4) is 0 Å². The molecule has 1 aliphatic carbocycles. The summed E-state index contributed by atoms with van der Waals surface area (Å²) in [4.78, 5) is 12.1. The maximum Gasteiger partial charge on any atom is 0.337 e. The molecule has 1 heterocycles. The molecule has 1 saturated heterocycles. The van der Waals surface area contributed by atoms with Crippen molar-refractivity contribution < 1.29 is 13.2 Å². The number of carbonyl (C=O) groups excluding carboxylic acids is 1. The van der Waals surface area contributed by atoms with Gasteiger partial charge in [0.1, 0.15) is 16.3 Å². The Hall–Kier alpha value is -1.60. The van der Waals surface area contributed by atoms with Crippen molar-refractivity contribution in [3.05, 3.63) is 29.3 Å². The lowest BCUT2D eigenvalue weighted by molar-refractivity contribution is 0.232. The Morgan fingerprint density at radius 3 is 2.45 bits per heavy atom. The minimum Gasteiger partial charge on any atom is -0.324 e. The van der Waals surface area contributed by atoms with Crippen molar-refractivity contribution in [1.29, 1.82) is 5.41 Å². The molecule has 8 heteroatoms. The molecule has 2 amide bonds. The summed E-state index contributed by atoms with van der Waals surface area (Å²) in [6, 6.07) is 5.16. The first-order chi connectivity index (χ1) is 10.4. The van der Waals surface area contributed by atoms with Crippen LogP contribution >= 0.6 is 11.6 Å². The molecule has 0 bridgehead atoms. The molecule has 1 saturated carbocycles.